The van der Waals surface area contributed by atoms with Gasteiger partial charge in [-0.1, -0.05) is 11.6 Å². The van der Waals surface area contributed by atoms with E-state index in [0.29, 0.717) is 20.8 Å². The molecule has 0 spiro atoms. The van der Waals surface area contributed by atoms with Gasteiger partial charge in [0.05, 0.1) is 15.8 Å². The number of benzene rings is 2. The summed E-state index contributed by atoms with van der Waals surface area (Å²) in [5.41, 5.74) is 0.735. The van der Waals surface area contributed by atoms with Gasteiger partial charge in [-0.3, -0.25) is 0 Å². The van der Waals surface area contributed by atoms with Crippen LogP contribution in [0.2, 0.25) is 5.02 Å². The lowest BCUT2D eigenvalue weighted by Gasteiger charge is -2.04. The minimum absolute atomic E-state index is 0.186. The van der Waals surface area contributed by atoms with E-state index >= 15 is 0 Å². The average molecular weight is 369 g/mol. The van der Waals surface area contributed by atoms with Crippen molar-refractivity contribution in [3.8, 4) is 5.75 Å². The molecule has 9 heteroatoms. The number of hydrogen-bond donors (Lipinski definition) is 1. The molecule has 118 valence electrons. The molecule has 0 aliphatic carbocycles. The molecule has 2 N–H and O–H groups in total. The largest absolute Gasteiger partial charge is 0.423 e. The molecule has 0 bridgehead atoms. The van der Waals surface area contributed by atoms with Crippen molar-refractivity contribution in [2.75, 3.05) is 0 Å². The summed E-state index contributed by atoms with van der Waals surface area (Å²) in [6, 6.07) is 10.9. The number of carbonyl (C=O) groups excluding carboxylic acids is 1. The maximum absolute atomic E-state index is 12.0. The molecule has 0 radical (unpaired) electrons. The summed E-state index contributed by atoms with van der Waals surface area (Å²) in [6.45, 7) is 0. The Labute approximate surface area is 140 Å². The van der Waals surface area contributed by atoms with Crippen LogP contribution in [-0.2, 0) is 10.0 Å². The van der Waals surface area contributed by atoms with Crippen molar-refractivity contribution >= 4 is 49.1 Å². The first kappa shape index (κ1) is 15.9. The van der Waals surface area contributed by atoms with E-state index in [4.69, 9.17) is 21.5 Å². The van der Waals surface area contributed by atoms with Crippen molar-refractivity contribution in [2.24, 2.45) is 5.14 Å². The number of carbonyl (C=O) groups is 1. The minimum atomic E-state index is -3.86. The summed E-state index contributed by atoms with van der Waals surface area (Å²) < 4.78 is 28.3. The third-order valence-electron chi connectivity index (χ3n) is 2.87. The van der Waals surface area contributed by atoms with Crippen LogP contribution < -0.4 is 9.88 Å². The Morgan fingerprint density at radius 3 is 2.52 bits per heavy atom. The fourth-order valence-corrected chi connectivity index (χ4v) is 3.59. The number of sulfonamides is 1. The molecule has 1 heterocycles. The molecular weight excluding hydrogens is 360 g/mol. The zero-order valence-electron chi connectivity index (χ0n) is 11.4. The Morgan fingerprint density at radius 2 is 1.87 bits per heavy atom. The number of rotatable bonds is 3. The number of primary sulfonamides is 1. The number of fused-ring (bicyclic) bond motifs is 1. The minimum Gasteiger partial charge on any atom is -0.423 e. The molecule has 0 aliphatic heterocycles. The highest BCUT2D eigenvalue weighted by Gasteiger charge is 2.15. The van der Waals surface area contributed by atoms with Gasteiger partial charge in [-0.05, 0) is 36.4 Å². The van der Waals surface area contributed by atoms with E-state index in [0.717, 1.165) is 11.3 Å². The molecule has 0 saturated carbocycles. The lowest BCUT2D eigenvalue weighted by Crippen LogP contribution is -2.11. The molecule has 0 atom stereocenters. The molecule has 0 saturated heterocycles. The Kier molecular flexibility index (Phi) is 4.07. The Bertz CT molecular complexity index is 997. The fraction of sp³-hybridized carbons (Fsp3) is 0. The maximum Gasteiger partial charge on any atom is 0.343 e. The second-order valence-electron chi connectivity index (χ2n) is 4.55. The number of aromatic nitrogens is 1. The van der Waals surface area contributed by atoms with Gasteiger partial charge in [0.2, 0.25) is 4.34 Å². The van der Waals surface area contributed by atoms with E-state index < -0.39 is 16.0 Å². The number of ether oxygens (including phenoxy) is 1. The zero-order chi connectivity index (χ0) is 16.6. The van der Waals surface area contributed by atoms with Crippen LogP contribution in [0.25, 0.3) is 10.2 Å². The normalized spacial score (nSPS) is 11.6. The first-order valence-corrected chi connectivity index (χ1v) is 8.98. The Hall–Kier alpha value is -2.00. The van der Waals surface area contributed by atoms with E-state index in [-0.39, 0.29) is 10.1 Å². The Balaban J connectivity index is 1.88. The quantitative estimate of drug-likeness (QED) is 0.566. The van der Waals surface area contributed by atoms with Gasteiger partial charge in [0.1, 0.15) is 5.75 Å². The number of nitrogens with zero attached hydrogens (tertiary/aromatic N) is 1. The van der Waals surface area contributed by atoms with Crippen LogP contribution in [0, 0.1) is 0 Å². The summed E-state index contributed by atoms with van der Waals surface area (Å²) >= 11 is 6.71. The van der Waals surface area contributed by atoms with Crippen LogP contribution in [0.5, 0.6) is 5.75 Å². The lowest BCUT2D eigenvalue weighted by atomic mass is 10.2. The predicted molar refractivity (Wildman–Crippen MR) is 87.4 cm³/mol. The Morgan fingerprint density at radius 1 is 1.17 bits per heavy atom. The molecule has 3 rings (SSSR count). The summed E-state index contributed by atoms with van der Waals surface area (Å²) in [5, 5.41) is 5.57. The monoisotopic (exact) mass is 368 g/mol. The van der Waals surface area contributed by atoms with Crippen LogP contribution in [0.15, 0.2) is 46.8 Å². The summed E-state index contributed by atoms with van der Waals surface area (Å²) in [5.74, 6) is -0.299. The highest BCUT2D eigenvalue weighted by atomic mass is 35.5. The first-order valence-electron chi connectivity index (χ1n) is 6.24. The molecule has 0 aliphatic rings. The zero-order valence-corrected chi connectivity index (χ0v) is 13.8. The molecule has 3 aromatic rings. The molecule has 6 nitrogen and oxygen atoms in total. The van der Waals surface area contributed by atoms with Crippen LogP contribution in [0.1, 0.15) is 10.4 Å². The van der Waals surface area contributed by atoms with Crippen LogP contribution in [-0.4, -0.2) is 19.4 Å². The second-order valence-corrected chi connectivity index (χ2v) is 7.75. The highest BCUT2D eigenvalue weighted by molar-refractivity contribution is 7.91. The third kappa shape index (κ3) is 3.50. The van der Waals surface area contributed by atoms with Crippen molar-refractivity contribution in [1.29, 1.82) is 0 Å². The lowest BCUT2D eigenvalue weighted by molar-refractivity contribution is 0.0735. The van der Waals surface area contributed by atoms with Crippen molar-refractivity contribution in [3.63, 3.8) is 0 Å². The van der Waals surface area contributed by atoms with E-state index in [2.05, 4.69) is 4.98 Å². The van der Waals surface area contributed by atoms with E-state index in [1.807, 2.05) is 0 Å². The summed E-state index contributed by atoms with van der Waals surface area (Å²) in [7, 11) is -3.86. The number of esters is 1. The van der Waals surface area contributed by atoms with Gasteiger partial charge >= 0.3 is 5.97 Å². The van der Waals surface area contributed by atoms with Gasteiger partial charge < -0.3 is 4.74 Å². The highest BCUT2D eigenvalue weighted by Crippen LogP contribution is 2.28. The molecule has 23 heavy (non-hydrogen) atoms. The molecule has 0 fully saturated rings. The van der Waals surface area contributed by atoms with E-state index in [9.17, 15) is 13.2 Å². The maximum atomic E-state index is 12.0. The van der Waals surface area contributed by atoms with Crippen molar-refractivity contribution in [3.05, 3.63) is 53.1 Å². The topological polar surface area (TPSA) is 99.4 Å². The van der Waals surface area contributed by atoms with Crippen LogP contribution in [0.4, 0.5) is 0 Å². The van der Waals surface area contributed by atoms with Crippen molar-refractivity contribution in [2.45, 2.75) is 4.34 Å². The average Bonchev–Trinajstić information content (AvgIpc) is 2.91. The van der Waals surface area contributed by atoms with Crippen molar-refractivity contribution < 1.29 is 17.9 Å². The summed E-state index contributed by atoms with van der Waals surface area (Å²) in [4.78, 5) is 16.0. The fourth-order valence-electron chi connectivity index (χ4n) is 1.82. The van der Waals surface area contributed by atoms with Crippen LogP contribution in [0.3, 0.4) is 0 Å². The van der Waals surface area contributed by atoms with Gasteiger partial charge in [0.25, 0.3) is 10.0 Å². The van der Waals surface area contributed by atoms with Crippen molar-refractivity contribution in [1.82, 2.24) is 4.98 Å². The second kappa shape index (κ2) is 5.89. The predicted octanol–water partition coefficient (Wildman–Crippen LogP) is 2.82. The number of hydrogen-bond acceptors (Lipinski definition) is 6. The molecule has 1 aromatic heterocycles. The van der Waals surface area contributed by atoms with Gasteiger partial charge in [-0.15, -0.1) is 11.3 Å². The van der Waals surface area contributed by atoms with Gasteiger partial charge in [-0.25, -0.2) is 23.3 Å². The third-order valence-corrected chi connectivity index (χ3v) is 5.48. The SMILES string of the molecule is NS(=O)(=O)c1nc2cc(OC(=O)c3ccc(Cl)cc3)ccc2s1. The molecular formula is C14H9ClN2O4S2. The summed E-state index contributed by atoms with van der Waals surface area (Å²) in [6.07, 6.45) is 0. The number of halogens is 1. The standard InChI is InChI=1S/C14H9ClN2O4S2/c15-9-3-1-8(2-4-9)13(18)21-10-5-6-12-11(7-10)17-14(22-12)23(16,19)20/h1-7H,(H2,16,19,20). The van der Waals surface area contributed by atoms with Gasteiger partial charge in [-0.2, -0.15) is 0 Å². The number of nitrogens with two attached hydrogens (primary N) is 1. The van der Waals surface area contributed by atoms with Crippen LogP contribution >= 0.6 is 22.9 Å². The number of thiazole rings is 1. The van der Waals surface area contributed by atoms with Gasteiger partial charge in [0, 0.05) is 11.1 Å². The van der Waals surface area contributed by atoms with Gasteiger partial charge in [0.15, 0.2) is 0 Å². The first-order chi connectivity index (χ1) is 10.8. The van der Waals surface area contributed by atoms with E-state index in [1.54, 1.807) is 36.4 Å². The molecule has 0 unspecified atom stereocenters. The molecule has 0 amide bonds. The van der Waals surface area contributed by atoms with E-state index in [1.165, 1.54) is 6.07 Å². The molecule has 2 aromatic carbocycles. The smallest absolute Gasteiger partial charge is 0.343 e.